The van der Waals surface area contributed by atoms with Crippen LogP contribution >= 0.6 is 11.3 Å². The van der Waals surface area contributed by atoms with Crippen molar-refractivity contribution in [2.75, 3.05) is 12.8 Å². The average molecular weight is 224 g/mol. The van der Waals surface area contributed by atoms with Crippen molar-refractivity contribution in [2.24, 2.45) is 5.73 Å². The van der Waals surface area contributed by atoms with Crippen LogP contribution in [0.4, 0.5) is 5.69 Å². The molecule has 0 bridgehead atoms. The summed E-state index contributed by atoms with van der Waals surface area (Å²) in [6, 6.07) is 0. The fraction of sp³-hybridized carbons (Fsp3) is 0.125. The number of nitrogens with two attached hydrogens (primary N) is 2. The standard InChI is InChI=1S/C8H8N4O2S/c1-14-7-3-4(9)5(6(10)13)15-8(3)12-2-11-7/h2H,9H2,1H3,(H2,10,13). The molecular formula is C8H8N4O2S. The van der Waals surface area contributed by atoms with Gasteiger partial charge >= 0.3 is 0 Å². The molecule has 2 heterocycles. The number of methoxy groups -OCH3 is 1. The van der Waals surface area contributed by atoms with Gasteiger partial charge in [-0.1, -0.05) is 0 Å². The first-order valence-electron chi connectivity index (χ1n) is 4.02. The van der Waals surface area contributed by atoms with Crippen LogP contribution in [0.15, 0.2) is 6.33 Å². The number of ether oxygens (including phenoxy) is 1. The van der Waals surface area contributed by atoms with Crippen molar-refractivity contribution >= 4 is 33.1 Å². The summed E-state index contributed by atoms with van der Waals surface area (Å²) in [6.45, 7) is 0. The van der Waals surface area contributed by atoms with E-state index in [0.29, 0.717) is 16.1 Å². The maximum absolute atomic E-state index is 11.1. The second kappa shape index (κ2) is 3.35. The molecule has 0 atom stereocenters. The molecular weight excluding hydrogens is 216 g/mol. The summed E-state index contributed by atoms with van der Waals surface area (Å²) in [6.07, 6.45) is 1.35. The van der Waals surface area contributed by atoms with Gasteiger partial charge in [0.15, 0.2) is 0 Å². The Labute approximate surface area is 88.9 Å². The Kier molecular flexibility index (Phi) is 2.16. The molecule has 78 valence electrons. The molecule has 0 radical (unpaired) electrons. The molecule has 0 aromatic carbocycles. The van der Waals surface area contributed by atoms with Gasteiger partial charge in [-0.25, -0.2) is 9.97 Å². The smallest absolute Gasteiger partial charge is 0.260 e. The minimum atomic E-state index is -0.572. The number of amides is 1. The van der Waals surface area contributed by atoms with E-state index in [1.807, 2.05) is 0 Å². The Hall–Kier alpha value is -1.89. The molecule has 0 aliphatic rings. The first-order chi connectivity index (χ1) is 7.15. The van der Waals surface area contributed by atoms with Crippen molar-refractivity contribution in [3.8, 4) is 5.88 Å². The normalized spacial score (nSPS) is 10.5. The number of primary amides is 1. The molecule has 0 spiro atoms. The van der Waals surface area contributed by atoms with Crippen LogP contribution in [0.3, 0.4) is 0 Å². The molecule has 2 aromatic heterocycles. The minimum absolute atomic E-state index is 0.278. The number of hydrogen-bond donors (Lipinski definition) is 2. The SMILES string of the molecule is COc1ncnc2sc(C(N)=O)c(N)c12. The quantitative estimate of drug-likeness (QED) is 0.767. The summed E-state index contributed by atoms with van der Waals surface area (Å²) in [5.41, 5.74) is 11.2. The number of nitrogen functional groups attached to an aromatic ring is 1. The molecule has 15 heavy (non-hydrogen) atoms. The summed E-state index contributed by atoms with van der Waals surface area (Å²) in [7, 11) is 1.48. The number of aromatic nitrogens is 2. The first kappa shape index (κ1) is 9.66. The third kappa shape index (κ3) is 1.37. The van der Waals surface area contributed by atoms with E-state index in [4.69, 9.17) is 16.2 Å². The van der Waals surface area contributed by atoms with Crippen LogP contribution in [-0.2, 0) is 0 Å². The van der Waals surface area contributed by atoms with Crippen molar-refractivity contribution in [3.63, 3.8) is 0 Å². The molecule has 0 aliphatic heterocycles. The number of anilines is 1. The summed E-state index contributed by atoms with van der Waals surface area (Å²) >= 11 is 1.13. The number of rotatable bonds is 2. The van der Waals surface area contributed by atoms with Crippen molar-refractivity contribution in [3.05, 3.63) is 11.2 Å². The Balaban J connectivity index is 2.82. The molecule has 7 heteroatoms. The van der Waals surface area contributed by atoms with Crippen molar-refractivity contribution < 1.29 is 9.53 Å². The van der Waals surface area contributed by atoms with Gasteiger partial charge in [-0.05, 0) is 0 Å². The van der Waals surface area contributed by atoms with Gasteiger partial charge in [0.1, 0.15) is 16.0 Å². The van der Waals surface area contributed by atoms with Crippen LogP contribution in [0.5, 0.6) is 5.88 Å². The molecule has 0 saturated carbocycles. The van der Waals surface area contributed by atoms with E-state index < -0.39 is 5.91 Å². The Morgan fingerprint density at radius 1 is 1.53 bits per heavy atom. The average Bonchev–Trinajstić information content (AvgIpc) is 2.56. The number of hydrogen-bond acceptors (Lipinski definition) is 6. The van der Waals surface area contributed by atoms with Gasteiger partial charge in [0.25, 0.3) is 5.91 Å². The third-order valence-corrected chi connectivity index (χ3v) is 3.04. The third-order valence-electron chi connectivity index (χ3n) is 1.91. The Morgan fingerprint density at radius 2 is 2.27 bits per heavy atom. The maximum atomic E-state index is 11.1. The largest absolute Gasteiger partial charge is 0.480 e. The lowest BCUT2D eigenvalue weighted by atomic mass is 10.3. The highest BCUT2D eigenvalue weighted by atomic mass is 32.1. The van der Waals surface area contributed by atoms with E-state index in [9.17, 15) is 4.79 Å². The Bertz CT molecular complexity index is 537. The van der Waals surface area contributed by atoms with Gasteiger partial charge in [0.2, 0.25) is 5.88 Å². The number of thiophene rings is 1. The number of carbonyl (C=O) groups excluding carboxylic acids is 1. The molecule has 0 saturated heterocycles. The van der Waals surface area contributed by atoms with Gasteiger partial charge in [0.05, 0.1) is 18.2 Å². The van der Waals surface area contributed by atoms with E-state index in [0.717, 1.165) is 11.3 Å². The summed E-state index contributed by atoms with van der Waals surface area (Å²) in [5, 5.41) is 0.541. The van der Waals surface area contributed by atoms with E-state index in [-0.39, 0.29) is 10.6 Å². The van der Waals surface area contributed by atoms with Crippen molar-refractivity contribution in [1.82, 2.24) is 9.97 Å². The second-order valence-electron chi connectivity index (χ2n) is 2.77. The zero-order valence-corrected chi connectivity index (χ0v) is 8.67. The van der Waals surface area contributed by atoms with E-state index in [1.54, 1.807) is 0 Å². The predicted molar refractivity (Wildman–Crippen MR) is 56.9 cm³/mol. The van der Waals surface area contributed by atoms with Gasteiger partial charge in [-0.15, -0.1) is 11.3 Å². The fourth-order valence-electron chi connectivity index (χ4n) is 1.27. The lowest BCUT2D eigenvalue weighted by Crippen LogP contribution is -2.10. The van der Waals surface area contributed by atoms with E-state index in [1.165, 1.54) is 13.4 Å². The van der Waals surface area contributed by atoms with Gasteiger partial charge in [0, 0.05) is 0 Å². The van der Waals surface area contributed by atoms with E-state index >= 15 is 0 Å². The minimum Gasteiger partial charge on any atom is -0.480 e. The lowest BCUT2D eigenvalue weighted by molar-refractivity contribution is 0.100. The summed E-state index contributed by atoms with van der Waals surface area (Å²) in [5.74, 6) is -0.223. The van der Waals surface area contributed by atoms with Crippen LogP contribution in [0.25, 0.3) is 10.2 Å². The van der Waals surface area contributed by atoms with Crippen LogP contribution in [0.1, 0.15) is 9.67 Å². The fourth-order valence-corrected chi connectivity index (χ4v) is 2.17. The molecule has 4 N–H and O–H groups in total. The van der Waals surface area contributed by atoms with Crippen LogP contribution in [0, 0.1) is 0 Å². The topological polar surface area (TPSA) is 104 Å². The Morgan fingerprint density at radius 3 is 2.87 bits per heavy atom. The summed E-state index contributed by atoms with van der Waals surface area (Å²) < 4.78 is 5.02. The van der Waals surface area contributed by atoms with Crippen LogP contribution < -0.4 is 16.2 Å². The van der Waals surface area contributed by atoms with Crippen molar-refractivity contribution in [1.29, 1.82) is 0 Å². The molecule has 1 amide bonds. The number of fused-ring (bicyclic) bond motifs is 1. The van der Waals surface area contributed by atoms with Gasteiger partial charge in [-0.3, -0.25) is 4.79 Å². The van der Waals surface area contributed by atoms with Crippen LogP contribution in [-0.4, -0.2) is 23.0 Å². The molecule has 2 aromatic rings. The molecule has 6 nitrogen and oxygen atoms in total. The molecule has 2 rings (SSSR count). The highest BCUT2D eigenvalue weighted by Gasteiger charge is 2.18. The van der Waals surface area contributed by atoms with Gasteiger partial charge in [-0.2, -0.15) is 0 Å². The highest BCUT2D eigenvalue weighted by molar-refractivity contribution is 7.21. The van der Waals surface area contributed by atoms with E-state index in [2.05, 4.69) is 9.97 Å². The lowest BCUT2D eigenvalue weighted by Gasteiger charge is -1.99. The zero-order valence-electron chi connectivity index (χ0n) is 7.85. The molecule has 0 aliphatic carbocycles. The van der Waals surface area contributed by atoms with Gasteiger partial charge < -0.3 is 16.2 Å². The number of nitrogens with zero attached hydrogens (tertiary/aromatic N) is 2. The zero-order chi connectivity index (χ0) is 11.0. The summed E-state index contributed by atoms with van der Waals surface area (Å²) in [4.78, 5) is 19.8. The first-order valence-corrected chi connectivity index (χ1v) is 4.83. The highest BCUT2D eigenvalue weighted by Crippen LogP contribution is 2.36. The number of carbonyl (C=O) groups is 1. The van der Waals surface area contributed by atoms with Crippen LogP contribution in [0.2, 0.25) is 0 Å². The molecule has 0 fully saturated rings. The van der Waals surface area contributed by atoms with Crippen molar-refractivity contribution in [2.45, 2.75) is 0 Å². The maximum Gasteiger partial charge on any atom is 0.260 e. The second-order valence-corrected chi connectivity index (χ2v) is 3.77. The molecule has 0 unspecified atom stereocenters. The monoisotopic (exact) mass is 224 g/mol. The predicted octanol–water partition coefficient (Wildman–Crippen LogP) is 0.381.